The van der Waals surface area contributed by atoms with Gasteiger partial charge in [0.15, 0.2) is 0 Å². The van der Waals surface area contributed by atoms with Gasteiger partial charge in [-0.25, -0.2) is 13.2 Å². The first-order valence-corrected chi connectivity index (χ1v) is 8.58. The van der Waals surface area contributed by atoms with Gasteiger partial charge in [0.25, 0.3) is 0 Å². The van der Waals surface area contributed by atoms with E-state index >= 15 is 0 Å². The summed E-state index contributed by atoms with van der Waals surface area (Å²) in [6.45, 7) is 6.95. The molecule has 1 aromatic rings. The molecule has 2 N–H and O–H groups in total. The second-order valence-electron chi connectivity index (χ2n) is 5.85. The summed E-state index contributed by atoms with van der Waals surface area (Å²) in [4.78, 5) is 14.0. The molecule has 6 nitrogen and oxygen atoms in total. The number of nitrogens with zero attached hydrogens (tertiary/aromatic N) is 1. The molecule has 2 atom stereocenters. The molecule has 1 saturated heterocycles. The first kappa shape index (κ1) is 16.0. The highest BCUT2D eigenvalue weighted by atomic mass is 32.2. The lowest BCUT2D eigenvalue weighted by molar-refractivity contribution is 0.0690. The maximum atomic E-state index is 13.0. The molecule has 0 aromatic carbocycles. The molecule has 21 heavy (non-hydrogen) atoms. The van der Waals surface area contributed by atoms with E-state index in [1.807, 2.05) is 13.8 Å². The lowest BCUT2D eigenvalue weighted by Gasteiger charge is -2.37. The van der Waals surface area contributed by atoms with Gasteiger partial charge in [-0.2, -0.15) is 4.31 Å². The number of aromatic amines is 1. The van der Waals surface area contributed by atoms with E-state index in [9.17, 15) is 13.2 Å². The average Bonchev–Trinajstić information content (AvgIpc) is 2.64. The van der Waals surface area contributed by atoms with Crippen LogP contribution in [0.15, 0.2) is 4.90 Å². The van der Waals surface area contributed by atoms with Crippen LogP contribution in [0.3, 0.4) is 0 Å². The van der Waals surface area contributed by atoms with Crippen molar-refractivity contribution in [1.82, 2.24) is 9.29 Å². The molecule has 0 amide bonds. The Balaban J connectivity index is 2.56. The Morgan fingerprint density at radius 1 is 1.24 bits per heavy atom. The van der Waals surface area contributed by atoms with Crippen LogP contribution in [0, 0.1) is 13.8 Å². The number of piperidine rings is 1. The second kappa shape index (κ2) is 5.46. The van der Waals surface area contributed by atoms with E-state index in [-0.39, 0.29) is 28.2 Å². The van der Waals surface area contributed by atoms with Crippen molar-refractivity contribution in [2.45, 2.75) is 63.9 Å². The number of H-pyrrole nitrogens is 1. The normalized spacial score (nSPS) is 24.2. The molecule has 0 saturated carbocycles. The number of carboxylic acids is 1. The lowest BCUT2D eigenvalue weighted by Crippen LogP contribution is -2.47. The van der Waals surface area contributed by atoms with Gasteiger partial charge in [0.2, 0.25) is 10.0 Å². The third kappa shape index (κ3) is 2.60. The summed E-state index contributed by atoms with van der Waals surface area (Å²) >= 11 is 0. The van der Waals surface area contributed by atoms with Crippen LogP contribution < -0.4 is 0 Å². The quantitative estimate of drug-likeness (QED) is 0.895. The standard InChI is InChI=1S/C14H22N2O4S/c1-8-6-5-7-9(2)16(8)21(19,20)13-10(3)12(14(17)18)15-11(13)4/h8-9,15H,5-7H2,1-4H3,(H,17,18). The number of aryl methyl sites for hydroxylation is 1. The first-order chi connectivity index (χ1) is 9.67. The third-order valence-electron chi connectivity index (χ3n) is 4.23. The van der Waals surface area contributed by atoms with Crippen LogP contribution >= 0.6 is 0 Å². The van der Waals surface area contributed by atoms with Crippen molar-refractivity contribution in [2.24, 2.45) is 0 Å². The summed E-state index contributed by atoms with van der Waals surface area (Å²) in [6.07, 6.45) is 2.68. The molecule has 7 heteroatoms. The number of hydrogen-bond donors (Lipinski definition) is 2. The van der Waals surface area contributed by atoms with Gasteiger partial charge in [-0.15, -0.1) is 0 Å². The number of nitrogens with one attached hydrogen (secondary N) is 1. The molecule has 118 valence electrons. The Morgan fingerprint density at radius 2 is 1.76 bits per heavy atom. The van der Waals surface area contributed by atoms with Gasteiger partial charge in [0.05, 0.1) is 0 Å². The topological polar surface area (TPSA) is 90.5 Å². The Kier molecular flexibility index (Phi) is 4.17. The van der Waals surface area contributed by atoms with Gasteiger partial charge < -0.3 is 10.1 Å². The van der Waals surface area contributed by atoms with E-state index in [2.05, 4.69) is 4.98 Å². The smallest absolute Gasteiger partial charge is 0.352 e. The van der Waals surface area contributed by atoms with Gasteiger partial charge in [0.1, 0.15) is 10.6 Å². The minimum atomic E-state index is -3.70. The Morgan fingerprint density at radius 3 is 2.19 bits per heavy atom. The number of rotatable bonds is 3. The zero-order valence-corrected chi connectivity index (χ0v) is 13.6. The molecule has 1 aromatic heterocycles. The number of aromatic carboxylic acids is 1. The lowest BCUT2D eigenvalue weighted by atomic mass is 10.0. The van der Waals surface area contributed by atoms with Crippen molar-refractivity contribution in [3.8, 4) is 0 Å². The van der Waals surface area contributed by atoms with E-state index in [0.29, 0.717) is 5.69 Å². The fraction of sp³-hybridized carbons (Fsp3) is 0.643. The minimum Gasteiger partial charge on any atom is -0.477 e. The van der Waals surface area contributed by atoms with Crippen LogP contribution in [0.5, 0.6) is 0 Å². The summed E-state index contributed by atoms with van der Waals surface area (Å²) in [5, 5.41) is 9.14. The van der Waals surface area contributed by atoms with Crippen LogP contribution in [0.2, 0.25) is 0 Å². The van der Waals surface area contributed by atoms with E-state index in [1.54, 1.807) is 13.8 Å². The number of hydrogen-bond acceptors (Lipinski definition) is 3. The van der Waals surface area contributed by atoms with Gasteiger partial charge in [-0.3, -0.25) is 0 Å². The van der Waals surface area contributed by atoms with E-state index < -0.39 is 16.0 Å². The largest absolute Gasteiger partial charge is 0.477 e. The molecule has 1 aliphatic rings. The van der Waals surface area contributed by atoms with Crippen molar-refractivity contribution in [1.29, 1.82) is 0 Å². The average molecular weight is 314 g/mol. The maximum Gasteiger partial charge on any atom is 0.352 e. The van der Waals surface area contributed by atoms with E-state index in [0.717, 1.165) is 19.3 Å². The summed E-state index contributed by atoms with van der Waals surface area (Å²) < 4.78 is 27.5. The SMILES string of the molecule is Cc1[nH]c(C(=O)O)c(C)c1S(=O)(=O)N1C(C)CCCC1C. The fourth-order valence-corrected chi connectivity index (χ4v) is 5.61. The highest BCUT2D eigenvalue weighted by Gasteiger charge is 2.38. The van der Waals surface area contributed by atoms with Crippen LogP contribution in [0.1, 0.15) is 54.9 Å². The molecule has 1 fully saturated rings. The highest BCUT2D eigenvalue weighted by molar-refractivity contribution is 7.89. The third-order valence-corrected chi connectivity index (χ3v) is 6.63. The molecule has 0 bridgehead atoms. The van der Waals surface area contributed by atoms with Crippen LogP contribution in [0.4, 0.5) is 0 Å². The first-order valence-electron chi connectivity index (χ1n) is 7.14. The molecule has 0 spiro atoms. The maximum absolute atomic E-state index is 13.0. The predicted molar refractivity (Wildman–Crippen MR) is 79.0 cm³/mol. The molecule has 2 heterocycles. The zero-order valence-electron chi connectivity index (χ0n) is 12.8. The molecule has 2 unspecified atom stereocenters. The van der Waals surface area contributed by atoms with Crippen LogP contribution in [-0.2, 0) is 10.0 Å². The van der Waals surface area contributed by atoms with E-state index in [1.165, 1.54) is 4.31 Å². The molecule has 0 aliphatic carbocycles. The van der Waals surface area contributed by atoms with Crippen molar-refractivity contribution >= 4 is 16.0 Å². The molecule has 0 radical (unpaired) electrons. The second-order valence-corrected chi connectivity index (χ2v) is 7.63. The van der Waals surface area contributed by atoms with Crippen molar-refractivity contribution < 1.29 is 18.3 Å². The Hall–Kier alpha value is -1.34. The number of sulfonamides is 1. The van der Waals surface area contributed by atoms with Gasteiger partial charge in [0, 0.05) is 23.3 Å². The molecule has 1 aliphatic heterocycles. The summed E-state index contributed by atoms with van der Waals surface area (Å²) in [5.41, 5.74) is 0.614. The number of carboxylic acid groups (broad SMARTS) is 1. The fourth-order valence-electron chi connectivity index (χ4n) is 3.31. The van der Waals surface area contributed by atoms with Gasteiger partial charge in [-0.1, -0.05) is 6.42 Å². The summed E-state index contributed by atoms with van der Waals surface area (Å²) in [6, 6.07) is -0.138. The van der Waals surface area contributed by atoms with Gasteiger partial charge >= 0.3 is 5.97 Å². The van der Waals surface area contributed by atoms with E-state index in [4.69, 9.17) is 5.11 Å². The van der Waals surface area contributed by atoms with Crippen molar-refractivity contribution in [3.05, 3.63) is 17.0 Å². The van der Waals surface area contributed by atoms with Crippen molar-refractivity contribution in [2.75, 3.05) is 0 Å². The van der Waals surface area contributed by atoms with Crippen LogP contribution in [0.25, 0.3) is 0 Å². The summed E-state index contributed by atoms with van der Waals surface area (Å²) in [7, 11) is -3.70. The van der Waals surface area contributed by atoms with Crippen LogP contribution in [-0.4, -0.2) is 40.9 Å². The molecule has 2 rings (SSSR count). The minimum absolute atomic E-state index is 0.0524. The predicted octanol–water partition coefficient (Wildman–Crippen LogP) is 2.28. The summed E-state index contributed by atoms with van der Waals surface area (Å²) in [5.74, 6) is -1.14. The molecular weight excluding hydrogens is 292 g/mol. The van der Waals surface area contributed by atoms with Crippen molar-refractivity contribution in [3.63, 3.8) is 0 Å². The Labute approximate surface area is 125 Å². The Bertz CT molecular complexity index is 653. The monoisotopic (exact) mass is 314 g/mol. The number of carbonyl (C=O) groups is 1. The highest BCUT2D eigenvalue weighted by Crippen LogP contribution is 2.33. The number of aromatic nitrogens is 1. The van der Waals surface area contributed by atoms with Gasteiger partial charge in [-0.05, 0) is 40.5 Å². The molecular formula is C14H22N2O4S. The zero-order chi connectivity index (χ0) is 15.9.